The highest BCUT2D eigenvalue weighted by molar-refractivity contribution is 5.83. The fourth-order valence-corrected chi connectivity index (χ4v) is 2.43. The molecule has 2 saturated carbocycles. The second kappa shape index (κ2) is 6.11. The zero-order valence-corrected chi connectivity index (χ0v) is 11.3. The van der Waals surface area contributed by atoms with Crippen LogP contribution in [0.25, 0.3) is 0 Å². The van der Waals surface area contributed by atoms with Crippen molar-refractivity contribution >= 4 is 17.9 Å². The summed E-state index contributed by atoms with van der Waals surface area (Å²) < 4.78 is 0. The Kier molecular flexibility index (Phi) is 4.46. The number of rotatable bonds is 8. The molecular formula is C13H21N3O4. The summed E-state index contributed by atoms with van der Waals surface area (Å²) in [5.41, 5.74) is 4.99. The smallest absolute Gasteiger partial charge is 0.326 e. The van der Waals surface area contributed by atoms with E-state index in [2.05, 4.69) is 10.6 Å². The van der Waals surface area contributed by atoms with Crippen LogP contribution in [0.2, 0.25) is 0 Å². The number of hydrogen-bond donors (Lipinski definition) is 4. The molecule has 0 aromatic carbocycles. The van der Waals surface area contributed by atoms with Gasteiger partial charge in [0.15, 0.2) is 0 Å². The van der Waals surface area contributed by atoms with Gasteiger partial charge in [-0.1, -0.05) is 0 Å². The Morgan fingerprint density at radius 2 is 1.65 bits per heavy atom. The molecule has 3 amide bonds. The van der Waals surface area contributed by atoms with Gasteiger partial charge in [-0.25, -0.2) is 9.59 Å². The fourth-order valence-electron chi connectivity index (χ4n) is 2.43. The highest BCUT2D eigenvalue weighted by atomic mass is 16.4. The molecule has 2 rings (SSSR count). The van der Waals surface area contributed by atoms with E-state index < -0.39 is 23.9 Å². The van der Waals surface area contributed by atoms with E-state index in [0.717, 1.165) is 25.7 Å². The molecule has 0 aliphatic heterocycles. The molecule has 0 heterocycles. The van der Waals surface area contributed by atoms with Gasteiger partial charge in [0, 0.05) is 12.5 Å². The number of aliphatic carboxylic acids is 1. The van der Waals surface area contributed by atoms with Crippen LogP contribution in [0.5, 0.6) is 0 Å². The highest BCUT2D eigenvalue weighted by Crippen LogP contribution is 2.44. The number of amides is 3. The largest absolute Gasteiger partial charge is 0.480 e. The third kappa shape index (κ3) is 4.40. The van der Waals surface area contributed by atoms with Crippen molar-refractivity contribution in [1.29, 1.82) is 0 Å². The highest BCUT2D eigenvalue weighted by Gasteiger charge is 2.42. The lowest BCUT2D eigenvalue weighted by Crippen LogP contribution is -2.50. The molecule has 0 radical (unpaired) electrons. The lowest BCUT2D eigenvalue weighted by Gasteiger charge is -2.20. The first-order valence-electron chi connectivity index (χ1n) is 7.05. The van der Waals surface area contributed by atoms with Gasteiger partial charge >= 0.3 is 12.0 Å². The minimum Gasteiger partial charge on any atom is -0.480 e. The summed E-state index contributed by atoms with van der Waals surface area (Å²) in [4.78, 5) is 33.6. The van der Waals surface area contributed by atoms with Crippen LogP contribution in [0.1, 0.15) is 38.5 Å². The second-order valence-corrected chi connectivity index (χ2v) is 5.71. The number of nitrogens with two attached hydrogens (primary N) is 1. The van der Waals surface area contributed by atoms with Crippen molar-refractivity contribution in [3.63, 3.8) is 0 Å². The first-order valence-corrected chi connectivity index (χ1v) is 7.05. The summed E-state index contributed by atoms with van der Waals surface area (Å²) in [7, 11) is 0. The third-order valence-electron chi connectivity index (χ3n) is 3.84. The first kappa shape index (κ1) is 14.6. The van der Waals surface area contributed by atoms with E-state index >= 15 is 0 Å². The summed E-state index contributed by atoms with van der Waals surface area (Å²) in [6, 6.07) is -1.38. The van der Waals surface area contributed by atoms with E-state index in [-0.39, 0.29) is 18.9 Å². The van der Waals surface area contributed by atoms with Gasteiger partial charge in [-0.2, -0.15) is 0 Å². The molecule has 2 aliphatic rings. The number of carbonyl (C=O) groups excluding carboxylic acids is 2. The van der Waals surface area contributed by atoms with Crippen LogP contribution in [-0.2, 0) is 9.59 Å². The van der Waals surface area contributed by atoms with Crippen LogP contribution in [0, 0.1) is 11.8 Å². The van der Waals surface area contributed by atoms with E-state index in [0.29, 0.717) is 11.8 Å². The Morgan fingerprint density at radius 1 is 1.10 bits per heavy atom. The Balaban J connectivity index is 1.80. The molecule has 20 heavy (non-hydrogen) atoms. The van der Waals surface area contributed by atoms with Gasteiger partial charge in [-0.05, 0) is 43.9 Å². The summed E-state index contributed by atoms with van der Waals surface area (Å²) in [5.74, 6) is -0.646. The topological polar surface area (TPSA) is 122 Å². The van der Waals surface area contributed by atoms with Crippen LogP contribution in [0.15, 0.2) is 0 Å². The maximum Gasteiger partial charge on any atom is 0.326 e. The predicted octanol–water partition coefficient (Wildman–Crippen LogP) is 0.193. The van der Waals surface area contributed by atoms with Crippen LogP contribution >= 0.6 is 0 Å². The minimum atomic E-state index is -1.16. The summed E-state index contributed by atoms with van der Waals surface area (Å²) in [6.07, 6.45) is 4.47. The number of primary amides is 1. The monoisotopic (exact) mass is 283 g/mol. The Hall–Kier alpha value is -1.79. The van der Waals surface area contributed by atoms with Gasteiger partial charge in [0.25, 0.3) is 0 Å². The van der Waals surface area contributed by atoms with E-state index in [9.17, 15) is 14.4 Å². The molecule has 0 aromatic heterocycles. The van der Waals surface area contributed by atoms with E-state index in [4.69, 9.17) is 10.8 Å². The van der Waals surface area contributed by atoms with Crippen molar-refractivity contribution in [2.45, 2.75) is 50.6 Å². The van der Waals surface area contributed by atoms with Gasteiger partial charge in [-0.3, -0.25) is 4.79 Å². The average molecular weight is 283 g/mol. The molecule has 7 nitrogen and oxygen atoms in total. The predicted molar refractivity (Wildman–Crippen MR) is 70.8 cm³/mol. The van der Waals surface area contributed by atoms with Crippen molar-refractivity contribution < 1.29 is 19.5 Å². The number of carboxylic acid groups (broad SMARTS) is 1. The number of hydrogen-bond acceptors (Lipinski definition) is 3. The zero-order chi connectivity index (χ0) is 14.7. The molecule has 5 N–H and O–H groups in total. The molecule has 7 heteroatoms. The van der Waals surface area contributed by atoms with Gasteiger partial charge in [-0.15, -0.1) is 0 Å². The third-order valence-corrected chi connectivity index (χ3v) is 3.84. The Morgan fingerprint density at radius 3 is 2.05 bits per heavy atom. The molecule has 0 bridgehead atoms. The maximum atomic E-state index is 11.9. The second-order valence-electron chi connectivity index (χ2n) is 5.71. The van der Waals surface area contributed by atoms with Gasteiger partial charge < -0.3 is 21.5 Å². The fraction of sp³-hybridized carbons (Fsp3) is 0.769. The quantitative estimate of drug-likeness (QED) is 0.508. The zero-order valence-electron chi connectivity index (χ0n) is 11.3. The average Bonchev–Trinajstić information content (AvgIpc) is 3.24. The first-order chi connectivity index (χ1) is 9.47. The van der Waals surface area contributed by atoms with Gasteiger partial charge in [0.2, 0.25) is 5.91 Å². The van der Waals surface area contributed by atoms with E-state index in [1.54, 1.807) is 0 Å². The number of urea groups is 1. The SMILES string of the molecule is NC(=O)CC[C@@H](NC(=O)NC(C1CC1)C1CC1)C(=O)O. The van der Waals surface area contributed by atoms with Crippen LogP contribution in [0.4, 0.5) is 4.79 Å². The van der Waals surface area contributed by atoms with Crippen molar-refractivity contribution in [3.05, 3.63) is 0 Å². The van der Waals surface area contributed by atoms with Crippen molar-refractivity contribution in [2.24, 2.45) is 17.6 Å². The molecular weight excluding hydrogens is 262 g/mol. The Bertz CT molecular complexity index is 392. The Labute approximate surface area is 117 Å². The van der Waals surface area contributed by atoms with Gasteiger partial charge in [0.05, 0.1) is 0 Å². The standard InChI is InChI=1S/C13H21N3O4/c14-10(17)6-5-9(12(18)19)15-13(20)16-11(7-1-2-7)8-3-4-8/h7-9,11H,1-6H2,(H2,14,17)(H,18,19)(H2,15,16,20)/t9-/m1/s1. The number of carboxylic acids is 1. The normalized spacial score (nSPS) is 19.4. The molecule has 2 fully saturated rings. The molecule has 0 aromatic rings. The van der Waals surface area contributed by atoms with Crippen LogP contribution < -0.4 is 16.4 Å². The van der Waals surface area contributed by atoms with Crippen LogP contribution in [0.3, 0.4) is 0 Å². The summed E-state index contributed by atoms with van der Waals surface area (Å²) in [5, 5.41) is 14.3. The van der Waals surface area contributed by atoms with Crippen molar-refractivity contribution in [2.75, 3.05) is 0 Å². The summed E-state index contributed by atoms with van der Waals surface area (Å²) >= 11 is 0. The van der Waals surface area contributed by atoms with Crippen LogP contribution in [-0.4, -0.2) is 35.1 Å². The molecule has 0 spiro atoms. The molecule has 0 saturated heterocycles. The molecule has 0 unspecified atom stereocenters. The van der Waals surface area contributed by atoms with Gasteiger partial charge in [0.1, 0.15) is 6.04 Å². The number of nitrogens with one attached hydrogen (secondary N) is 2. The lowest BCUT2D eigenvalue weighted by molar-refractivity contribution is -0.139. The van der Waals surface area contributed by atoms with Crippen molar-refractivity contribution in [1.82, 2.24) is 10.6 Å². The summed E-state index contributed by atoms with van der Waals surface area (Å²) in [6.45, 7) is 0. The number of carbonyl (C=O) groups is 3. The molecule has 112 valence electrons. The molecule has 2 aliphatic carbocycles. The lowest BCUT2D eigenvalue weighted by atomic mass is 10.1. The van der Waals surface area contributed by atoms with E-state index in [1.807, 2.05) is 0 Å². The van der Waals surface area contributed by atoms with Crippen molar-refractivity contribution in [3.8, 4) is 0 Å². The van der Waals surface area contributed by atoms with E-state index in [1.165, 1.54) is 0 Å². The minimum absolute atomic E-state index is 0.00953. The molecule has 1 atom stereocenters. The maximum absolute atomic E-state index is 11.9.